The number of hydrogen-bond acceptors (Lipinski definition) is 4. The van der Waals surface area contributed by atoms with Gasteiger partial charge in [-0.05, 0) is 30.9 Å². The smallest absolute Gasteiger partial charge is 0.309 e. The van der Waals surface area contributed by atoms with Crippen LogP contribution in [0.2, 0.25) is 0 Å². The molecule has 116 valence electrons. The predicted molar refractivity (Wildman–Crippen MR) is 74.9 cm³/mol. The second-order valence-electron chi connectivity index (χ2n) is 5.90. The van der Waals surface area contributed by atoms with Gasteiger partial charge in [0.1, 0.15) is 0 Å². The van der Waals surface area contributed by atoms with Crippen molar-refractivity contribution in [2.24, 2.45) is 0 Å². The number of alkyl halides is 3. The van der Waals surface area contributed by atoms with E-state index in [9.17, 15) is 13.2 Å². The highest BCUT2D eigenvalue weighted by atomic mass is 32.1. The van der Waals surface area contributed by atoms with Crippen molar-refractivity contribution in [2.75, 3.05) is 6.54 Å². The average molecular weight is 309 g/mol. The molecule has 1 heterocycles. The van der Waals surface area contributed by atoms with Crippen molar-refractivity contribution < 1.29 is 13.2 Å². The summed E-state index contributed by atoms with van der Waals surface area (Å²) in [4.78, 5) is 0.829. The molecule has 0 spiro atoms. The lowest BCUT2D eigenvalue weighted by Gasteiger charge is -2.23. The van der Waals surface area contributed by atoms with Crippen LogP contribution in [0.1, 0.15) is 63.6 Å². The van der Waals surface area contributed by atoms with E-state index < -0.39 is 12.6 Å². The topological polar surface area (TPSA) is 37.8 Å². The van der Waals surface area contributed by atoms with Gasteiger partial charge in [0.05, 0.1) is 10.6 Å². The molecule has 0 saturated carbocycles. The van der Waals surface area contributed by atoms with E-state index in [1.54, 1.807) is 0 Å². The Morgan fingerprint density at radius 1 is 1.25 bits per heavy atom. The zero-order chi connectivity index (χ0) is 15.4. The molecule has 0 bridgehead atoms. The Morgan fingerprint density at radius 3 is 2.40 bits per heavy atom. The molecule has 1 N–H and O–H groups in total. The van der Waals surface area contributed by atoms with E-state index in [0.29, 0.717) is 6.54 Å². The summed E-state index contributed by atoms with van der Waals surface area (Å²) in [5.41, 5.74) is 0.575. The van der Waals surface area contributed by atoms with Gasteiger partial charge in [-0.2, -0.15) is 13.2 Å². The van der Waals surface area contributed by atoms with Crippen LogP contribution in [0.3, 0.4) is 0 Å². The van der Waals surface area contributed by atoms with Crippen LogP contribution in [0.25, 0.3) is 0 Å². The van der Waals surface area contributed by atoms with Crippen molar-refractivity contribution in [3.63, 3.8) is 0 Å². The summed E-state index contributed by atoms with van der Waals surface area (Å²) in [7, 11) is 0. The SMILES string of the molecule is CCCNC(CCC(F)(F)F)c1snnc1C(C)(C)C. The van der Waals surface area contributed by atoms with E-state index in [0.717, 1.165) is 17.0 Å². The Balaban J connectivity index is 2.90. The summed E-state index contributed by atoms with van der Waals surface area (Å²) >= 11 is 1.19. The molecule has 0 aromatic carbocycles. The average Bonchev–Trinajstić information content (AvgIpc) is 2.76. The van der Waals surface area contributed by atoms with Crippen LogP contribution in [0.15, 0.2) is 0 Å². The van der Waals surface area contributed by atoms with Crippen molar-refractivity contribution in [1.82, 2.24) is 14.9 Å². The predicted octanol–water partition coefficient (Wildman–Crippen LogP) is 4.22. The highest BCUT2D eigenvalue weighted by Crippen LogP contribution is 2.34. The zero-order valence-corrected chi connectivity index (χ0v) is 13.2. The Bertz CT molecular complexity index is 410. The lowest BCUT2D eigenvalue weighted by molar-refractivity contribution is -0.136. The molecule has 0 radical (unpaired) electrons. The number of nitrogens with zero attached hydrogens (tertiary/aromatic N) is 2. The summed E-state index contributed by atoms with van der Waals surface area (Å²) in [6, 6.07) is -0.328. The number of hydrogen-bond donors (Lipinski definition) is 1. The maximum Gasteiger partial charge on any atom is 0.389 e. The zero-order valence-electron chi connectivity index (χ0n) is 12.3. The van der Waals surface area contributed by atoms with Gasteiger partial charge in [-0.3, -0.25) is 0 Å². The first-order valence-corrected chi connectivity index (χ1v) is 7.55. The van der Waals surface area contributed by atoms with Gasteiger partial charge in [-0.25, -0.2) is 0 Å². The Morgan fingerprint density at radius 2 is 1.90 bits per heavy atom. The third-order valence-electron chi connectivity index (χ3n) is 2.90. The van der Waals surface area contributed by atoms with Crippen molar-refractivity contribution in [3.05, 3.63) is 10.6 Å². The van der Waals surface area contributed by atoms with Gasteiger partial charge in [0, 0.05) is 17.9 Å². The van der Waals surface area contributed by atoms with Crippen LogP contribution >= 0.6 is 11.5 Å². The summed E-state index contributed by atoms with van der Waals surface area (Å²) in [5.74, 6) is 0. The normalized spacial score (nSPS) is 14.6. The molecular formula is C13H22F3N3S. The van der Waals surface area contributed by atoms with Gasteiger partial charge in [0.25, 0.3) is 0 Å². The number of rotatable bonds is 6. The number of nitrogens with one attached hydrogen (secondary N) is 1. The Labute approximate surface area is 122 Å². The molecule has 0 aliphatic heterocycles. The highest BCUT2D eigenvalue weighted by molar-refractivity contribution is 7.05. The van der Waals surface area contributed by atoms with Gasteiger partial charge in [-0.15, -0.1) is 5.10 Å². The standard InChI is InChI=1S/C13H22F3N3S/c1-5-8-17-9(6-7-13(14,15)16)10-11(12(2,3)4)18-19-20-10/h9,17H,5-8H2,1-4H3. The van der Waals surface area contributed by atoms with Crippen LogP contribution in [0, 0.1) is 0 Å². The quantitative estimate of drug-likeness (QED) is 0.855. The second kappa shape index (κ2) is 6.85. The molecule has 1 atom stereocenters. The first kappa shape index (κ1) is 17.4. The first-order valence-electron chi connectivity index (χ1n) is 6.78. The minimum atomic E-state index is -4.13. The molecule has 0 fully saturated rings. The summed E-state index contributed by atoms with van der Waals surface area (Å²) in [6.07, 6.45) is -4.03. The van der Waals surface area contributed by atoms with Crippen molar-refractivity contribution >= 4 is 11.5 Å². The molecule has 1 aromatic heterocycles. The van der Waals surface area contributed by atoms with Gasteiger partial charge < -0.3 is 5.32 Å². The summed E-state index contributed by atoms with van der Waals surface area (Å²) < 4.78 is 41.3. The molecule has 0 amide bonds. The van der Waals surface area contributed by atoms with Crippen molar-refractivity contribution in [1.29, 1.82) is 0 Å². The molecule has 3 nitrogen and oxygen atoms in total. The minimum absolute atomic E-state index is 0.0243. The van der Waals surface area contributed by atoms with Gasteiger partial charge in [-0.1, -0.05) is 32.2 Å². The lowest BCUT2D eigenvalue weighted by Crippen LogP contribution is -2.26. The third kappa shape index (κ3) is 5.36. The Kier molecular flexibility index (Phi) is 5.94. The molecule has 0 aliphatic rings. The maximum absolute atomic E-state index is 12.5. The third-order valence-corrected chi connectivity index (χ3v) is 3.74. The van der Waals surface area contributed by atoms with Gasteiger partial charge in [0.15, 0.2) is 0 Å². The van der Waals surface area contributed by atoms with E-state index in [2.05, 4.69) is 14.9 Å². The van der Waals surface area contributed by atoms with Gasteiger partial charge in [0.2, 0.25) is 0 Å². The summed E-state index contributed by atoms with van der Waals surface area (Å²) in [6.45, 7) is 8.66. The van der Waals surface area contributed by atoms with Crippen LogP contribution < -0.4 is 5.32 Å². The molecule has 1 unspecified atom stereocenters. The van der Waals surface area contributed by atoms with E-state index in [1.165, 1.54) is 11.5 Å². The molecule has 1 aromatic rings. The van der Waals surface area contributed by atoms with Gasteiger partial charge >= 0.3 is 6.18 Å². The molecule has 7 heteroatoms. The van der Waals surface area contributed by atoms with E-state index >= 15 is 0 Å². The molecule has 0 saturated heterocycles. The maximum atomic E-state index is 12.5. The largest absolute Gasteiger partial charge is 0.389 e. The molecule has 20 heavy (non-hydrogen) atoms. The number of aromatic nitrogens is 2. The van der Waals surface area contributed by atoms with E-state index in [-0.39, 0.29) is 17.9 Å². The fraction of sp³-hybridized carbons (Fsp3) is 0.846. The molecule has 0 aliphatic carbocycles. The van der Waals surface area contributed by atoms with Crippen LogP contribution in [0.4, 0.5) is 13.2 Å². The monoisotopic (exact) mass is 309 g/mol. The van der Waals surface area contributed by atoms with Crippen molar-refractivity contribution in [2.45, 2.75) is 64.6 Å². The molecule has 1 rings (SSSR count). The number of halogens is 3. The Hall–Kier alpha value is -0.690. The fourth-order valence-corrected chi connectivity index (χ4v) is 2.87. The minimum Gasteiger partial charge on any atom is -0.309 e. The van der Waals surface area contributed by atoms with Crippen LogP contribution in [0.5, 0.6) is 0 Å². The van der Waals surface area contributed by atoms with E-state index in [1.807, 2.05) is 27.7 Å². The van der Waals surface area contributed by atoms with Crippen LogP contribution in [-0.2, 0) is 5.41 Å². The molecular weight excluding hydrogens is 287 g/mol. The second-order valence-corrected chi connectivity index (χ2v) is 6.68. The highest BCUT2D eigenvalue weighted by Gasteiger charge is 2.32. The van der Waals surface area contributed by atoms with Crippen LogP contribution in [-0.4, -0.2) is 22.3 Å². The first-order chi connectivity index (χ1) is 9.15. The van der Waals surface area contributed by atoms with E-state index in [4.69, 9.17) is 0 Å². The summed E-state index contributed by atoms with van der Waals surface area (Å²) in [5, 5.41) is 7.30. The fourth-order valence-electron chi connectivity index (χ4n) is 1.90. The van der Waals surface area contributed by atoms with Crippen molar-refractivity contribution in [3.8, 4) is 0 Å². The lowest BCUT2D eigenvalue weighted by atomic mass is 9.89.